The number of nitrogens with zero attached hydrogens (tertiary/aromatic N) is 7. The first-order chi connectivity index (χ1) is 17.5. The average Bonchev–Trinajstić information content (AvgIpc) is 3.65. The molecule has 0 saturated heterocycles. The van der Waals surface area contributed by atoms with E-state index in [2.05, 4.69) is 29.6 Å². The van der Waals surface area contributed by atoms with Crippen LogP contribution in [-0.4, -0.2) is 64.5 Å². The largest absolute Gasteiger partial charge is 0.494 e. The lowest BCUT2D eigenvalue weighted by molar-refractivity contribution is -0.127. The van der Waals surface area contributed by atoms with Crippen LogP contribution in [0.1, 0.15) is 22.0 Å². The highest BCUT2D eigenvalue weighted by Crippen LogP contribution is 2.32. The molecule has 5 aromatic rings. The Morgan fingerprint density at radius 1 is 1.06 bits per heavy atom. The second-order valence-corrected chi connectivity index (χ2v) is 8.47. The van der Waals surface area contributed by atoms with Crippen LogP contribution in [0.15, 0.2) is 55.2 Å². The number of carbonyl (C=O) groups is 2. The number of methoxy groups -OCH3 is 1. The monoisotopic (exact) mass is 482 g/mol. The molecule has 0 radical (unpaired) electrons. The molecule has 180 valence electrons. The molecule has 0 fully saturated rings. The number of aromatic amines is 1. The summed E-state index contributed by atoms with van der Waals surface area (Å²) in [5.41, 5.74) is 2.79. The van der Waals surface area contributed by atoms with E-state index in [4.69, 9.17) is 4.74 Å². The minimum absolute atomic E-state index is 0.214. The van der Waals surface area contributed by atoms with Gasteiger partial charge < -0.3 is 19.2 Å². The van der Waals surface area contributed by atoms with E-state index in [0.717, 1.165) is 17.1 Å². The van der Waals surface area contributed by atoms with Gasteiger partial charge in [-0.15, -0.1) is 0 Å². The minimum atomic E-state index is -0.630. The zero-order valence-corrected chi connectivity index (χ0v) is 19.7. The van der Waals surface area contributed by atoms with E-state index in [1.165, 1.54) is 35.4 Å². The zero-order valence-electron chi connectivity index (χ0n) is 19.7. The highest BCUT2D eigenvalue weighted by Gasteiger charge is 2.31. The van der Waals surface area contributed by atoms with Gasteiger partial charge in [0.25, 0.3) is 11.7 Å². The summed E-state index contributed by atoms with van der Waals surface area (Å²) in [4.78, 5) is 44.4. The number of amides is 1. The molecule has 0 spiro atoms. The first kappa shape index (κ1) is 21.7. The number of ketones is 1. The number of rotatable bonds is 5. The van der Waals surface area contributed by atoms with Crippen molar-refractivity contribution in [1.82, 2.24) is 39.2 Å². The van der Waals surface area contributed by atoms with Crippen LogP contribution < -0.4 is 4.74 Å². The normalized spacial score (nSPS) is 13.1. The molecule has 0 bridgehead atoms. The number of fused-ring (bicyclic) bond motifs is 2. The van der Waals surface area contributed by atoms with Crippen molar-refractivity contribution in [2.45, 2.75) is 20.0 Å². The number of benzene rings is 1. The van der Waals surface area contributed by atoms with Crippen molar-refractivity contribution in [2.75, 3.05) is 13.7 Å². The zero-order chi connectivity index (χ0) is 24.8. The second-order valence-electron chi connectivity index (χ2n) is 8.47. The van der Waals surface area contributed by atoms with Gasteiger partial charge in [0.1, 0.15) is 23.7 Å². The van der Waals surface area contributed by atoms with E-state index in [-0.39, 0.29) is 12.1 Å². The number of hydrogen-bond acceptors (Lipinski definition) is 7. The van der Waals surface area contributed by atoms with Gasteiger partial charge >= 0.3 is 0 Å². The van der Waals surface area contributed by atoms with Gasteiger partial charge in [0, 0.05) is 19.3 Å². The van der Waals surface area contributed by atoms with Gasteiger partial charge in [-0.05, 0) is 12.5 Å². The number of pyridine rings is 1. The summed E-state index contributed by atoms with van der Waals surface area (Å²) >= 11 is 0. The lowest BCUT2D eigenvalue weighted by Crippen LogP contribution is -2.42. The summed E-state index contributed by atoms with van der Waals surface area (Å²) in [5.74, 6) is 0.928. The van der Waals surface area contributed by atoms with Gasteiger partial charge in [0.05, 0.1) is 48.2 Å². The van der Waals surface area contributed by atoms with Crippen LogP contribution in [0, 0.1) is 6.92 Å². The molecule has 1 aromatic carbocycles. The van der Waals surface area contributed by atoms with Crippen LogP contribution >= 0.6 is 0 Å². The Hall–Kier alpha value is -4.80. The van der Waals surface area contributed by atoms with Crippen molar-refractivity contribution in [1.29, 1.82) is 0 Å². The molecule has 4 aromatic heterocycles. The molecule has 0 saturated carbocycles. The molecule has 1 amide bonds. The Morgan fingerprint density at radius 2 is 1.89 bits per heavy atom. The highest BCUT2D eigenvalue weighted by molar-refractivity contribution is 6.45. The Balaban J connectivity index is 1.31. The molecular formula is C25H22N8O3. The minimum Gasteiger partial charge on any atom is -0.494 e. The Kier molecular flexibility index (Phi) is 5.10. The predicted octanol–water partition coefficient (Wildman–Crippen LogP) is 2.55. The Morgan fingerprint density at radius 3 is 2.64 bits per heavy atom. The van der Waals surface area contributed by atoms with Crippen molar-refractivity contribution in [3.05, 3.63) is 72.5 Å². The van der Waals surface area contributed by atoms with Gasteiger partial charge in [-0.25, -0.2) is 19.6 Å². The summed E-state index contributed by atoms with van der Waals surface area (Å²) in [5, 5.41) is 4.78. The summed E-state index contributed by atoms with van der Waals surface area (Å²) < 4.78 is 9.08. The number of ether oxygens (including phenoxy) is 1. The predicted molar refractivity (Wildman–Crippen MR) is 130 cm³/mol. The molecule has 1 N–H and O–H groups in total. The lowest BCUT2D eigenvalue weighted by atomic mass is 10.1. The maximum atomic E-state index is 13.4. The van der Waals surface area contributed by atoms with E-state index in [1.807, 2.05) is 36.5 Å². The number of H-pyrrole nitrogens is 1. The van der Waals surface area contributed by atoms with E-state index < -0.39 is 11.7 Å². The summed E-state index contributed by atoms with van der Waals surface area (Å²) in [6.07, 6.45) is 6.37. The third-order valence-electron chi connectivity index (χ3n) is 6.36. The van der Waals surface area contributed by atoms with Crippen molar-refractivity contribution in [3.63, 3.8) is 0 Å². The van der Waals surface area contributed by atoms with Crippen molar-refractivity contribution in [3.8, 4) is 22.8 Å². The van der Waals surface area contributed by atoms with E-state index in [0.29, 0.717) is 41.4 Å². The second kappa shape index (κ2) is 8.45. The maximum absolute atomic E-state index is 13.4. The molecule has 0 unspecified atom stereocenters. The molecule has 11 heteroatoms. The van der Waals surface area contributed by atoms with Crippen LogP contribution in [0.2, 0.25) is 0 Å². The van der Waals surface area contributed by atoms with Crippen LogP contribution in [0.4, 0.5) is 0 Å². The molecule has 1 aliphatic heterocycles. The van der Waals surface area contributed by atoms with Crippen molar-refractivity contribution in [2.24, 2.45) is 0 Å². The number of nitrogens with one attached hydrogen (secondary N) is 1. The smallest absolute Gasteiger partial charge is 0.295 e. The van der Waals surface area contributed by atoms with Gasteiger partial charge in [0.2, 0.25) is 0 Å². The number of Topliss-reactive ketones (excluding diaryl/α,β-unsaturated/α-hetero) is 1. The fraction of sp³-hybridized carbons (Fsp3) is 0.200. The van der Waals surface area contributed by atoms with E-state index >= 15 is 0 Å². The fourth-order valence-electron chi connectivity index (χ4n) is 4.59. The standard InChI is InChI=1S/C25H22N8O3/c1-15-29-14-33(30-15)24-22-21(19(36-2)12-28-24)17(10-27-22)23(34)25(35)31-8-9-32-18(11-26-20(32)13-31)16-6-4-3-5-7-16/h3-7,10-12,14,27H,8-9,13H2,1-2H3. The quantitative estimate of drug-likeness (QED) is 0.302. The summed E-state index contributed by atoms with van der Waals surface area (Å²) in [6.45, 7) is 2.97. The molecule has 0 atom stereocenters. The van der Waals surface area contributed by atoms with Crippen molar-refractivity contribution < 1.29 is 14.3 Å². The van der Waals surface area contributed by atoms with Gasteiger partial charge in [-0.1, -0.05) is 30.3 Å². The average molecular weight is 483 g/mol. The highest BCUT2D eigenvalue weighted by atomic mass is 16.5. The van der Waals surface area contributed by atoms with Gasteiger partial charge in [-0.2, -0.15) is 5.10 Å². The van der Waals surface area contributed by atoms with Crippen LogP contribution in [0.3, 0.4) is 0 Å². The third kappa shape index (κ3) is 3.44. The Bertz CT molecular complexity index is 1620. The number of hydrogen-bond donors (Lipinski definition) is 1. The molecule has 0 aliphatic carbocycles. The SMILES string of the molecule is COc1cnc(-n2cnc(C)n2)c2[nH]cc(C(=O)C(=O)N3CCn4c(-c5ccccc5)cnc4C3)c12. The van der Waals surface area contributed by atoms with E-state index in [1.54, 1.807) is 6.92 Å². The summed E-state index contributed by atoms with van der Waals surface area (Å²) in [6, 6.07) is 9.98. The van der Waals surface area contributed by atoms with Crippen LogP contribution in [0.25, 0.3) is 28.0 Å². The molecule has 11 nitrogen and oxygen atoms in total. The van der Waals surface area contributed by atoms with Gasteiger partial charge in [0.15, 0.2) is 5.82 Å². The molecule has 5 heterocycles. The molecule has 6 rings (SSSR count). The number of carbonyl (C=O) groups excluding carboxylic acids is 2. The number of imidazole rings is 1. The fourth-order valence-corrected chi connectivity index (χ4v) is 4.59. The molecular weight excluding hydrogens is 460 g/mol. The maximum Gasteiger partial charge on any atom is 0.295 e. The molecule has 1 aliphatic rings. The molecule has 36 heavy (non-hydrogen) atoms. The number of aromatic nitrogens is 7. The third-order valence-corrected chi connectivity index (χ3v) is 6.36. The lowest BCUT2D eigenvalue weighted by Gasteiger charge is -2.28. The van der Waals surface area contributed by atoms with Crippen molar-refractivity contribution >= 4 is 22.6 Å². The van der Waals surface area contributed by atoms with E-state index in [9.17, 15) is 9.59 Å². The van der Waals surface area contributed by atoms with Gasteiger partial charge in [-0.3, -0.25) is 9.59 Å². The number of aryl methyl sites for hydroxylation is 1. The van der Waals surface area contributed by atoms with Crippen LogP contribution in [-0.2, 0) is 17.9 Å². The first-order valence-electron chi connectivity index (χ1n) is 11.4. The first-order valence-corrected chi connectivity index (χ1v) is 11.4. The Labute approximate surface area is 205 Å². The van der Waals surface area contributed by atoms with Crippen LogP contribution in [0.5, 0.6) is 5.75 Å². The summed E-state index contributed by atoms with van der Waals surface area (Å²) in [7, 11) is 1.49. The topological polar surface area (TPSA) is 124 Å².